The van der Waals surface area contributed by atoms with E-state index >= 15 is 0 Å². The Morgan fingerprint density at radius 1 is 1.38 bits per heavy atom. The molecule has 0 saturated heterocycles. The number of primary amides is 1. The van der Waals surface area contributed by atoms with Crippen molar-refractivity contribution >= 4 is 11.7 Å². The molecule has 26 heavy (non-hydrogen) atoms. The predicted octanol–water partition coefficient (Wildman–Crippen LogP) is 2.35. The molecule has 142 valence electrons. The van der Waals surface area contributed by atoms with Crippen LogP contribution in [0.15, 0.2) is 17.3 Å². The van der Waals surface area contributed by atoms with E-state index in [0.717, 1.165) is 31.2 Å². The lowest BCUT2D eigenvalue weighted by Crippen LogP contribution is -2.34. The van der Waals surface area contributed by atoms with Crippen LogP contribution in [0, 0.1) is 5.92 Å². The fourth-order valence-corrected chi connectivity index (χ4v) is 3.23. The van der Waals surface area contributed by atoms with Crippen molar-refractivity contribution < 1.29 is 18.3 Å². The van der Waals surface area contributed by atoms with Crippen LogP contribution in [0.4, 0.5) is 8.78 Å². The van der Waals surface area contributed by atoms with Gasteiger partial charge >= 0.3 is 0 Å². The molecule has 0 radical (unpaired) electrons. The molecule has 2 fully saturated rings. The van der Waals surface area contributed by atoms with E-state index in [1.165, 1.54) is 0 Å². The number of nitrogens with two attached hydrogens (primary N) is 2. The predicted molar refractivity (Wildman–Crippen MR) is 93.4 cm³/mol. The molecule has 2 saturated carbocycles. The summed E-state index contributed by atoms with van der Waals surface area (Å²) in [5, 5.41) is 0. The van der Waals surface area contributed by atoms with Crippen LogP contribution in [0.3, 0.4) is 0 Å². The van der Waals surface area contributed by atoms with E-state index in [1.807, 2.05) is 6.92 Å². The summed E-state index contributed by atoms with van der Waals surface area (Å²) in [7, 11) is 0. The van der Waals surface area contributed by atoms with E-state index in [0.29, 0.717) is 17.4 Å². The van der Waals surface area contributed by atoms with Gasteiger partial charge in [-0.2, -0.15) is 0 Å². The summed E-state index contributed by atoms with van der Waals surface area (Å²) in [5.41, 5.74) is 12.0. The van der Waals surface area contributed by atoms with Gasteiger partial charge in [0.05, 0.1) is 12.0 Å². The highest BCUT2D eigenvalue weighted by Gasteiger charge is 2.43. The van der Waals surface area contributed by atoms with Gasteiger partial charge in [-0.25, -0.2) is 8.78 Å². The molecule has 2 aliphatic rings. The quantitative estimate of drug-likeness (QED) is 0.517. The SMILES string of the molecule is C[C@@](CC(N)=O)(N=C(N)c1cc(OCC(F)F)c(C2CC2)cn1)C1CC1. The Hall–Kier alpha value is -2.25. The first-order valence-corrected chi connectivity index (χ1v) is 8.83. The van der Waals surface area contributed by atoms with Crippen LogP contribution < -0.4 is 16.2 Å². The number of ether oxygens (including phenoxy) is 1. The monoisotopic (exact) mass is 366 g/mol. The van der Waals surface area contributed by atoms with Crippen molar-refractivity contribution in [3.63, 3.8) is 0 Å². The number of carbonyl (C=O) groups is 1. The molecule has 0 unspecified atom stereocenters. The number of alkyl halides is 2. The number of rotatable bonds is 9. The normalized spacial score (nSPS) is 20.1. The van der Waals surface area contributed by atoms with Gasteiger partial charge < -0.3 is 16.2 Å². The topological polar surface area (TPSA) is 104 Å². The minimum atomic E-state index is -2.56. The summed E-state index contributed by atoms with van der Waals surface area (Å²) < 4.78 is 30.3. The van der Waals surface area contributed by atoms with Crippen LogP contribution in [0.5, 0.6) is 5.75 Å². The number of carbonyl (C=O) groups excluding carboxylic acids is 1. The second-order valence-corrected chi connectivity index (χ2v) is 7.36. The minimum Gasteiger partial charge on any atom is -0.487 e. The van der Waals surface area contributed by atoms with Crippen molar-refractivity contribution in [2.75, 3.05) is 6.61 Å². The summed E-state index contributed by atoms with van der Waals surface area (Å²) in [6.45, 7) is 1.18. The third kappa shape index (κ3) is 4.47. The van der Waals surface area contributed by atoms with Crippen LogP contribution in [0.2, 0.25) is 0 Å². The lowest BCUT2D eigenvalue weighted by molar-refractivity contribution is -0.119. The number of aromatic nitrogens is 1. The van der Waals surface area contributed by atoms with Gasteiger partial charge in [-0.05, 0) is 44.4 Å². The van der Waals surface area contributed by atoms with E-state index in [4.69, 9.17) is 16.2 Å². The molecule has 0 aliphatic heterocycles. The van der Waals surface area contributed by atoms with Crippen molar-refractivity contribution in [3.8, 4) is 5.75 Å². The molecule has 0 spiro atoms. The number of amidine groups is 1. The third-order valence-electron chi connectivity index (χ3n) is 4.90. The zero-order valence-corrected chi connectivity index (χ0v) is 14.8. The lowest BCUT2D eigenvalue weighted by atomic mass is 9.92. The number of halogens is 2. The summed E-state index contributed by atoms with van der Waals surface area (Å²) in [6, 6.07) is 1.56. The highest BCUT2D eigenvalue weighted by atomic mass is 19.3. The maximum absolute atomic E-state index is 12.5. The van der Waals surface area contributed by atoms with Gasteiger partial charge in [0.1, 0.15) is 23.9 Å². The first kappa shape index (κ1) is 18.5. The molecule has 8 heteroatoms. The van der Waals surface area contributed by atoms with E-state index in [9.17, 15) is 13.6 Å². The maximum atomic E-state index is 12.5. The van der Waals surface area contributed by atoms with Crippen molar-refractivity contribution in [2.24, 2.45) is 22.4 Å². The molecule has 2 aliphatic carbocycles. The molecule has 6 nitrogen and oxygen atoms in total. The summed E-state index contributed by atoms with van der Waals surface area (Å²) in [6.07, 6.45) is 3.10. The fraction of sp³-hybridized carbons (Fsp3) is 0.611. The molecule has 1 heterocycles. The zero-order valence-electron chi connectivity index (χ0n) is 14.8. The molecular formula is C18H24F2N4O2. The lowest BCUT2D eigenvalue weighted by Gasteiger charge is -2.24. The highest BCUT2D eigenvalue weighted by Crippen LogP contribution is 2.45. The number of nitrogens with zero attached hydrogens (tertiary/aromatic N) is 2. The van der Waals surface area contributed by atoms with Crippen LogP contribution in [-0.2, 0) is 4.79 Å². The molecule has 1 aromatic rings. The highest BCUT2D eigenvalue weighted by molar-refractivity contribution is 5.96. The summed E-state index contributed by atoms with van der Waals surface area (Å²) >= 11 is 0. The van der Waals surface area contributed by atoms with Crippen LogP contribution in [0.25, 0.3) is 0 Å². The van der Waals surface area contributed by atoms with Gasteiger partial charge in [0, 0.05) is 17.8 Å². The van der Waals surface area contributed by atoms with Gasteiger partial charge in [-0.3, -0.25) is 14.8 Å². The van der Waals surface area contributed by atoms with E-state index in [1.54, 1.807) is 12.3 Å². The number of amides is 1. The van der Waals surface area contributed by atoms with Gasteiger partial charge in [-0.15, -0.1) is 0 Å². The van der Waals surface area contributed by atoms with Gasteiger partial charge in [0.15, 0.2) is 0 Å². The van der Waals surface area contributed by atoms with Crippen molar-refractivity contribution in [2.45, 2.75) is 56.9 Å². The molecule has 3 rings (SSSR count). The number of hydrogen-bond donors (Lipinski definition) is 2. The third-order valence-corrected chi connectivity index (χ3v) is 4.90. The maximum Gasteiger partial charge on any atom is 0.272 e. The van der Waals surface area contributed by atoms with Crippen LogP contribution in [0.1, 0.15) is 56.2 Å². The largest absolute Gasteiger partial charge is 0.487 e. The van der Waals surface area contributed by atoms with E-state index in [-0.39, 0.29) is 18.2 Å². The van der Waals surface area contributed by atoms with E-state index in [2.05, 4.69) is 9.98 Å². The zero-order chi connectivity index (χ0) is 18.9. The van der Waals surface area contributed by atoms with E-state index < -0.39 is 24.5 Å². The number of hydrogen-bond acceptors (Lipinski definition) is 4. The molecular weight excluding hydrogens is 342 g/mol. The summed E-state index contributed by atoms with van der Waals surface area (Å²) in [4.78, 5) is 20.3. The first-order chi connectivity index (χ1) is 12.3. The smallest absolute Gasteiger partial charge is 0.272 e. The Bertz CT molecular complexity index is 717. The average Bonchev–Trinajstić information content (AvgIpc) is 3.44. The van der Waals surface area contributed by atoms with Crippen LogP contribution in [-0.4, -0.2) is 35.3 Å². The van der Waals surface area contributed by atoms with Gasteiger partial charge in [-0.1, -0.05) is 0 Å². The summed E-state index contributed by atoms with van der Waals surface area (Å²) in [5.74, 6) is 0.653. The minimum absolute atomic E-state index is 0.104. The Kier molecular flexibility index (Phi) is 5.11. The molecule has 0 aromatic carbocycles. The van der Waals surface area contributed by atoms with Crippen molar-refractivity contribution in [1.82, 2.24) is 4.98 Å². The first-order valence-electron chi connectivity index (χ1n) is 8.83. The second-order valence-electron chi connectivity index (χ2n) is 7.36. The molecule has 4 N–H and O–H groups in total. The Labute approximate surface area is 151 Å². The molecule has 1 atom stereocenters. The Morgan fingerprint density at radius 2 is 2.08 bits per heavy atom. The number of aliphatic imine (C=N–C) groups is 1. The standard InChI is InChI=1S/C18H24F2N4O2/c1-18(7-16(21)25,11-4-5-11)24-17(22)13-6-14(26-9-15(19)20)12(8-23-13)10-2-3-10/h6,8,10-11,15H,2-5,7,9H2,1H3,(H2,21,25)(H2,22,24)/t18-/m0/s1. The molecule has 1 aromatic heterocycles. The van der Waals surface area contributed by atoms with Crippen molar-refractivity contribution in [3.05, 3.63) is 23.5 Å². The molecule has 0 bridgehead atoms. The Morgan fingerprint density at radius 3 is 2.62 bits per heavy atom. The van der Waals surface area contributed by atoms with Crippen LogP contribution >= 0.6 is 0 Å². The number of pyridine rings is 1. The second kappa shape index (κ2) is 7.17. The average molecular weight is 366 g/mol. The van der Waals surface area contributed by atoms with Gasteiger partial charge in [0.2, 0.25) is 5.91 Å². The Balaban J connectivity index is 1.86. The van der Waals surface area contributed by atoms with Crippen molar-refractivity contribution in [1.29, 1.82) is 0 Å². The van der Waals surface area contributed by atoms with Gasteiger partial charge in [0.25, 0.3) is 6.43 Å². The fourth-order valence-electron chi connectivity index (χ4n) is 3.23. The molecule has 1 amide bonds.